The third-order valence-electron chi connectivity index (χ3n) is 2.92. The molecule has 0 aromatic carbocycles. The number of hydrogen-bond donors (Lipinski definition) is 1. The Bertz CT molecular complexity index is 189. The molecule has 1 unspecified atom stereocenters. The molecule has 0 amide bonds. The second kappa shape index (κ2) is 5.32. The highest BCUT2D eigenvalue weighted by Crippen LogP contribution is 2.08. The number of carbonyl (C=O) groups is 1. The molecule has 1 aliphatic rings. The fraction of sp³-hybridized carbons (Fsp3) is 0.900. The number of aliphatic carboxylic acids is 1. The Hall–Kier alpha value is -0.610. The van der Waals surface area contributed by atoms with E-state index >= 15 is 0 Å². The second-order valence-corrected chi connectivity index (χ2v) is 4.05. The summed E-state index contributed by atoms with van der Waals surface area (Å²) in [5, 5.41) is 8.92. The van der Waals surface area contributed by atoms with Gasteiger partial charge >= 0.3 is 5.97 Å². The molecule has 0 bridgehead atoms. The number of hydrogen-bond acceptors (Lipinski definition) is 3. The van der Waals surface area contributed by atoms with Crippen molar-refractivity contribution < 1.29 is 9.90 Å². The van der Waals surface area contributed by atoms with Crippen molar-refractivity contribution in [2.24, 2.45) is 5.92 Å². The van der Waals surface area contributed by atoms with Gasteiger partial charge < -0.3 is 10.0 Å². The normalized spacial score (nSPS) is 22.1. The minimum Gasteiger partial charge on any atom is -0.481 e. The van der Waals surface area contributed by atoms with Gasteiger partial charge in [-0.25, -0.2) is 0 Å². The number of nitrogens with zero attached hydrogens (tertiary/aromatic N) is 2. The molecular formula is C10H20N2O2. The standard InChI is InChI=1S/C10H20N2O2/c1-3-9(10(13)14)8-12-6-4-11(2)5-7-12/h9H,3-8H2,1-2H3,(H,13,14). The summed E-state index contributed by atoms with van der Waals surface area (Å²) in [6, 6.07) is 0. The maximum absolute atomic E-state index is 10.8. The van der Waals surface area contributed by atoms with Gasteiger partial charge in [0.15, 0.2) is 0 Å². The van der Waals surface area contributed by atoms with Crippen LogP contribution in [-0.2, 0) is 4.79 Å². The Labute approximate surface area is 85.5 Å². The van der Waals surface area contributed by atoms with Crippen LogP contribution in [0, 0.1) is 5.92 Å². The first-order valence-corrected chi connectivity index (χ1v) is 5.27. The summed E-state index contributed by atoms with van der Waals surface area (Å²) in [5.41, 5.74) is 0. The predicted molar refractivity (Wildman–Crippen MR) is 55.4 cm³/mol. The van der Waals surface area contributed by atoms with E-state index in [1.165, 1.54) is 0 Å². The van der Waals surface area contributed by atoms with E-state index in [0.29, 0.717) is 6.54 Å². The van der Waals surface area contributed by atoms with Gasteiger partial charge in [0.1, 0.15) is 0 Å². The molecule has 1 N–H and O–H groups in total. The van der Waals surface area contributed by atoms with Crippen LogP contribution in [0.2, 0.25) is 0 Å². The molecule has 1 rings (SSSR count). The molecule has 1 heterocycles. The first-order chi connectivity index (χ1) is 6.63. The molecule has 1 fully saturated rings. The quantitative estimate of drug-likeness (QED) is 0.711. The number of rotatable bonds is 4. The molecule has 1 atom stereocenters. The number of piperazine rings is 1. The molecule has 0 radical (unpaired) electrons. The molecule has 1 saturated heterocycles. The minimum atomic E-state index is -0.661. The highest BCUT2D eigenvalue weighted by molar-refractivity contribution is 5.70. The lowest BCUT2D eigenvalue weighted by atomic mass is 10.1. The molecule has 4 heteroatoms. The smallest absolute Gasteiger partial charge is 0.307 e. The predicted octanol–water partition coefficient (Wildman–Crippen LogP) is 0.345. The lowest BCUT2D eigenvalue weighted by molar-refractivity contribution is -0.142. The fourth-order valence-corrected chi connectivity index (χ4v) is 1.72. The van der Waals surface area contributed by atoms with Crippen molar-refractivity contribution >= 4 is 5.97 Å². The zero-order valence-corrected chi connectivity index (χ0v) is 9.07. The van der Waals surface area contributed by atoms with E-state index in [1.54, 1.807) is 0 Å². The van der Waals surface area contributed by atoms with Gasteiger partial charge in [0.2, 0.25) is 0 Å². The summed E-state index contributed by atoms with van der Waals surface area (Å²) >= 11 is 0. The van der Waals surface area contributed by atoms with Crippen LogP contribution in [0.3, 0.4) is 0 Å². The molecular weight excluding hydrogens is 180 g/mol. The largest absolute Gasteiger partial charge is 0.481 e. The van der Waals surface area contributed by atoms with E-state index in [-0.39, 0.29) is 5.92 Å². The van der Waals surface area contributed by atoms with Crippen LogP contribution in [-0.4, -0.2) is 60.6 Å². The van der Waals surface area contributed by atoms with Crippen LogP contribution >= 0.6 is 0 Å². The summed E-state index contributed by atoms with van der Waals surface area (Å²) in [4.78, 5) is 15.4. The van der Waals surface area contributed by atoms with Crippen molar-refractivity contribution in [1.29, 1.82) is 0 Å². The van der Waals surface area contributed by atoms with Crippen LogP contribution in [0.4, 0.5) is 0 Å². The van der Waals surface area contributed by atoms with E-state index in [4.69, 9.17) is 5.11 Å². The fourth-order valence-electron chi connectivity index (χ4n) is 1.72. The van der Waals surface area contributed by atoms with Gasteiger partial charge in [-0.05, 0) is 13.5 Å². The molecule has 1 aliphatic heterocycles. The van der Waals surface area contributed by atoms with Gasteiger partial charge in [-0.3, -0.25) is 9.69 Å². The van der Waals surface area contributed by atoms with Gasteiger partial charge in [0, 0.05) is 32.7 Å². The topological polar surface area (TPSA) is 43.8 Å². The van der Waals surface area contributed by atoms with E-state index < -0.39 is 5.97 Å². The van der Waals surface area contributed by atoms with Gasteiger partial charge in [0.25, 0.3) is 0 Å². The molecule has 4 nitrogen and oxygen atoms in total. The zero-order chi connectivity index (χ0) is 10.6. The van der Waals surface area contributed by atoms with Gasteiger partial charge in [-0.2, -0.15) is 0 Å². The lowest BCUT2D eigenvalue weighted by Crippen LogP contribution is -2.46. The van der Waals surface area contributed by atoms with E-state index in [1.807, 2.05) is 6.92 Å². The van der Waals surface area contributed by atoms with Gasteiger partial charge in [-0.15, -0.1) is 0 Å². The summed E-state index contributed by atoms with van der Waals surface area (Å²) in [6.07, 6.45) is 0.724. The van der Waals surface area contributed by atoms with Crippen molar-refractivity contribution in [3.8, 4) is 0 Å². The van der Waals surface area contributed by atoms with Crippen molar-refractivity contribution in [2.45, 2.75) is 13.3 Å². The Morgan fingerprint density at radius 1 is 1.36 bits per heavy atom. The molecule has 0 aromatic heterocycles. The third-order valence-corrected chi connectivity index (χ3v) is 2.92. The molecule has 0 aromatic rings. The van der Waals surface area contributed by atoms with Gasteiger partial charge in [-0.1, -0.05) is 6.92 Å². The molecule has 0 saturated carbocycles. The van der Waals surface area contributed by atoms with Crippen LogP contribution < -0.4 is 0 Å². The second-order valence-electron chi connectivity index (χ2n) is 4.05. The van der Waals surface area contributed by atoms with Crippen LogP contribution in [0.15, 0.2) is 0 Å². The summed E-state index contributed by atoms with van der Waals surface area (Å²) in [7, 11) is 2.10. The van der Waals surface area contributed by atoms with E-state index in [9.17, 15) is 4.79 Å². The molecule has 0 aliphatic carbocycles. The Morgan fingerprint density at radius 2 is 1.93 bits per heavy atom. The first kappa shape index (κ1) is 11.5. The lowest BCUT2D eigenvalue weighted by Gasteiger charge is -2.33. The molecule has 0 spiro atoms. The average Bonchev–Trinajstić information content (AvgIpc) is 2.16. The van der Waals surface area contributed by atoms with Crippen LogP contribution in [0.25, 0.3) is 0 Å². The summed E-state index contributed by atoms with van der Waals surface area (Å²) < 4.78 is 0. The van der Waals surface area contributed by atoms with Crippen molar-refractivity contribution in [1.82, 2.24) is 9.80 Å². The maximum Gasteiger partial charge on any atom is 0.307 e. The van der Waals surface area contributed by atoms with Crippen LogP contribution in [0.5, 0.6) is 0 Å². The highest BCUT2D eigenvalue weighted by atomic mass is 16.4. The number of likely N-dealkylation sites (N-methyl/N-ethyl adjacent to an activating group) is 1. The Morgan fingerprint density at radius 3 is 2.36 bits per heavy atom. The SMILES string of the molecule is CCC(CN1CCN(C)CC1)C(=O)O. The maximum atomic E-state index is 10.8. The molecule has 14 heavy (non-hydrogen) atoms. The Balaban J connectivity index is 2.32. The van der Waals surface area contributed by atoms with Crippen molar-refractivity contribution in [3.63, 3.8) is 0 Å². The van der Waals surface area contributed by atoms with E-state index in [2.05, 4.69) is 16.8 Å². The van der Waals surface area contributed by atoms with E-state index in [0.717, 1.165) is 32.6 Å². The third kappa shape index (κ3) is 3.27. The minimum absolute atomic E-state index is 0.196. The van der Waals surface area contributed by atoms with Crippen molar-refractivity contribution in [3.05, 3.63) is 0 Å². The monoisotopic (exact) mass is 200 g/mol. The average molecular weight is 200 g/mol. The summed E-state index contributed by atoms with van der Waals surface area (Å²) in [5.74, 6) is -0.857. The summed E-state index contributed by atoms with van der Waals surface area (Å²) in [6.45, 7) is 6.75. The molecule has 82 valence electrons. The van der Waals surface area contributed by atoms with Gasteiger partial charge in [0.05, 0.1) is 5.92 Å². The Kier molecular flexibility index (Phi) is 4.35. The number of carboxylic acids is 1. The number of carboxylic acid groups (broad SMARTS) is 1. The highest BCUT2D eigenvalue weighted by Gasteiger charge is 2.21. The van der Waals surface area contributed by atoms with Crippen molar-refractivity contribution in [2.75, 3.05) is 39.8 Å². The zero-order valence-electron chi connectivity index (χ0n) is 9.07. The first-order valence-electron chi connectivity index (χ1n) is 5.27. The van der Waals surface area contributed by atoms with Crippen LogP contribution in [0.1, 0.15) is 13.3 Å².